The maximum absolute atomic E-state index is 13.0. The molecule has 0 amide bonds. The Morgan fingerprint density at radius 2 is 0.529 bits per heavy atom. The number of hydrogen-bond acceptors (Lipinski definition) is 15. The van der Waals surface area contributed by atoms with Crippen LogP contribution in [0.5, 0.6) is 0 Å². The molecule has 0 aliphatic rings. The molecule has 87 heavy (non-hydrogen) atoms. The molecule has 19 heteroatoms. The molecule has 0 aliphatic heterocycles. The fourth-order valence-corrected chi connectivity index (χ4v) is 11.8. The maximum atomic E-state index is 13.0. The number of aliphatic hydroxyl groups is 1. The van der Waals surface area contributed by atoms with Gasteiger partial charge in [0.15, 0.2) is 12.2 Å². The molecule has 516 valence electrons. The minimum absolute atomic E-state index is 0.105. The molecule has 17 nitrogen and oxygen atoms in total. The van der Waals surface area contributed by atoms with Crippen molar-refractivity contribution in [2.45, 2.75) is 356 Å². The topological polar surface area (TPSA) is 237 Å². The zero-order valence-corrected chi connectivity index (χ0v) is 58.3. The van der Waals surface area contributed by atoms with Gasteiger partial charge in [-0.1, -0.05) is 286 Å². The number of phosphoric ester groups is 2. The SMILES string of the molecule is CCCCCCCCCCC(=O)OC[C@H](COP(=O)(O)OC[C@H](O)COP(=O)(O)OC[C@@H](COC(=O)CCCCCCCCCCCC(C)C)OC(=O)CCCCCCCCCCCCCCC(C)C)OC(=O)CCCCCCCCCCCC(C)C. The van der Waals surface area contributed by atoms with Crippen LogP contribution < -0.4 is 0 Å². The van der Waals surface area contributed by atoms with Crippen LogP contribution in [0.4, 0.5) is 0 Å². The third-order valence-electron chi connectivity index (χ3n) is 15.6. The monoisotopic (exact) mass is 1280 g/mol. The van der Waals surface area contributed by atoms with E-state index < -0.39 is 97.5 Å². The van der Waals surface area contributed by atoms with Crippen molar-refractivity contribution in [2.75, 3.05) is 39.6 Å². The standard InChI is InChI=1S/C68H132O17P2/c1-8-9-10-11-12-28-35-42-49-65(70)78-55-63(85-68(73)52-45-38-31-24-18-21-27-34-41-48-61(6)7)57-82-86(74,75)80-53-62(69)54-81-87(76,77)83-58-64(56-79-66(71)50-43-36-29-23-17-20-26-33-40-47-60(4)5)84-67(72)51-44-37-30-22-16-14-13-15-19-25-32-39-46-59(2)3/h59-64,69H,8-58H2,1-7H3,(H,74,75)(H,76,77)/t62-,63+,64+/m0/s1. The molecule has 0 saturated carbocycles. The van der Waals surface area contributed by atoms with Crippen molar-refractivity contribution in [3.63, 3.8) is 0 Å². The zero-order chi connectivity index (χ0) is 64.5. The van der Waals surface area contributed by atoms with Gasteiger partial charge >= 0.3 is 39.5 Å². The third kappa shape index (κ3) is 62.6. The fraction of sp³-hybridized carbons (Fsp3) is 0.941. The van der Waals surface area contributed by atoms with E-state index in [0.717, 1.165) is 114 Å². The number of phosphoric acid groups is 2. The van der Waals surface area contributed by atoms with Crippen LogP contribution in [0.2, 0.25) is 0 Å². The van der Waals surface area contributed by atoms with E-state index in [1.165, 1.54) is 141 Å². The molecular formula is C68H132O17P2. The molecule has 0 fully saturated rings. The van der Waals surface area contributed by atoms with E-state index in [4.69, 9.17) is 37.0 Å². The fourth-order valence-electron chi connectivity index (χ4n) is 10.2. The molecule has 0 heterocycles. The van der Waals surface area contributed by atoms with Crippen molar-refractivity contribution in [3.8, 4) is 0 Å². The number of carbonyl (C=O) groups is 4. The number of esters is 4. The molecule has 0 radical (unpaired) electrons. The molecule has 0 saturated heterocycles. The number of carbonyl (C=O) groups excluding carboxylic acids is 4. The Morgan fingerprint density at radius 1 is 0.310 bits per heavy atom. The Kier molecular flexibility index (Phi) is 57.8. The number of aliphatic hydroxyl groups excluding tert-OH is 1. The quantitative estimate of drug-likeness (QED) is 0.0222. The van der Waals surface area contributed by atoms with Gasteiger partial charge in [-0.3, -0.25) is 37.3 Å². The van der Waals surface area contributed by atoms with Crippen molar-refractivity contribution in [2.24, 2.45) is 17.8 Å². The summed E-state index contributed by atoms with van der Waals surface area (Å²) >= 11 is 0. The van der Waals surface area contributed by atoms with Crippen molar-refractivity contribution in [1.29, 1.82) is 0 Å². The van der Waals surface area contributed by atoms with E-state index in [-0.39, 0.29) is 25.7 Å². The van der Waals surface area contributed by atoms with Gasteiger partial charge in [-0.05, 0) is 43.4 Å². The summed E-state index contributed by atoms with van der Waals surface area (Å²) < 4.78 is 68.1. The first-order valence-corrected chi connectivity index (χ1v) is 38.3. The number of ether oxygens (including phenoxy) is 4. The average molecular weight is 1280 g/mol. The summed E-state index contributed by atoms with van der Waals surface area (Å²) in [4.78, 5) is 72.4. The van der Waals surface area contributed by atoms with Gasteiger partial charge in [0, 0.05) is 25.7 Å². The van der Waals surface area contributed by atoms with Gasteiger partial charge in [0.1, 0.15) is 19.3 Å². The van der Waals surface area contributed by atoms with Crippen molar-refractivity contribution in [3.05, 3.63) is 0 Å². The van der Waals surface area contributed by atoms with Crippen LogP contribution in [0.3, 0.4) is 0 Å². The van der Waals surface area contributed by atoms with E-state index in [1.54, 1.807) is 0 Å². The summed E-state index contributed by atoms with van der Waals surface area (Å²) in [5.74, 6) is 0.125. The minimum atomic E-state index is -4.95. The molecule has 3 N–H and O–H groups in total. The molecule has 0 spiro atoms. The predicted octanol–water partition coefficient (Wildman–Crippen LogP) is 19.1. The van der Waals surface area contributed by atoms with Gasteiger partial charge in [-0.15, -0.1) is 0 Å². The van der Waals surface area contributed by atoms with Crippen LogP contribution in [0.15, 0.2) is 0 Å². The van der Waals surface area contributed by atoms with Crippen LogP contribution in [-0.4, -0.2) is 96.7 Å². The highest BCUT2D eigenvalue weighted by atomic mass is 31.2. The van der Waals surface area contributed by atoms with E-state index in [0.29, 0.717) is 25.7 Å². The lowest BCUT2D eigenvalue weighted by atomic mass is 10.0. The minimum Gasteiger partial charge on any atom is -0.462 e. The van der Waals surface area contributed by atoms with E-state index in [1.807, 2.05) is 0 Å². The van der Waals surface area contributed by atoms with E-state index >= 15 is 0 Å². The molecule has 0 aromatic heterocycles. The first-order valence-electron chi connectivity index (χ1n) is 35.3. The zero-order valence-electron chi connectivity index (χ0n) is 56.5. The number of rotatable bonds is 66. The lowest BCUT2D eigenvalue weighted by Gasteiger charge is -2.21. The van der Waals surface area contributed by atoms with Gasteiger partial charge in [-0.25, -0.2) is 9.13 Å². The smallest absolute Gasteiger partial charge is 0.462 e. The van der Waals surface area contributed by atoms with Gasteiger partial charge in [0.25, 0.3) is 0 Å². The van der Waals surface area contributed by atoms with Gasteiger partial charge in [0.05, 0.1) is 26.4 Å². The summed E-state index contributed by atoms with van der Waals surface area (Å²) in [6, 6.07) is 0. The molecular weight excluding hydrogens is 1150 g/mol. The summed E-state index contributed by atoms with van der Waals surface area (Å²) in [7, 11) is -9.89. The lowest BCUT2D eigenvalue weighted by molar-refractivity contribution is -0.161. The Labute approximate surface area is 530 Å². The highest BCUT2D eigenvalue weighted by molar-refractivity contribution is 7.47. The van der Waals surface area contributed by atoms with Crippen molar-refractivity contribution < 1.29 is 80.2 Å². The molecule has 2 unspecified atom stereocenters. The largest absolute Gasteiger partial charge is 0.472 e. The molecule has 0 aliphatic carbocycles. The molecule has 0 bridgehead atoms. The predicted molar refractivity (Wildman–Crippen MR) is 349 cm³/mol. The normalized spacial score (nSPS) is 14.3. The van der Waals surface area contributed by atoms with Crippen molar-refractivity contribution in [1.82, 2.24) is 0 Å². The second-order valence-corrected chi connectivity index (χ2v) is 28.9. The molecule has 0 aromatic rings. The van der Waals surface area contributed by atoms with Crippen LogP contribution >= 0.6 is 15.6 Å². The van der Waals surface area contributed by atoms with Crippen LogP contribution in [0.25, 0.3) is 0 Å². The number of hydrogen-bond donors (Lipinski definition) is 3. The summed E-state index contributed by atoms with van der Waals surface area (Å²) in [6.45, 7) is 11.8. The summed E-state index contributed by atoms with van der Waals surface area (Å²) in [5.41, 5.74) is 0. The Bertz CT molecular complexity index is 1720. The lowest BCUT2D eigenvalue weighted by Crippen LogP contribution is -2.30. The highest BCUT2D eigenvalue weighted by Crippen LogP contribution is 2.45. The summed E-state index contributed by atoms with van der Waals surface area (Å²) in [5, 5.41) is 10.6. The van der Waals surface area contributed by atoms with Crippen molar-refractivity contribution >= 4 is 39.5 Å². The molecule has 0 aromatic carbocycles. The second kappa shape index (κ2) is 59.1. The Hall–Kier alpha value is -1.94. The van der Waals surface area contributed by atoms with Crippen LogP contribution in [0, 0.1) is 17.8 Å². The third-order valence-corrected chi connectivity index (χ3v) is 17.5. The second-order valence-electron chi connectivity index (χ2n) is 26.0. The van der Waals surface area contributed by atoms with Crippen LogP contribution in [0.1, 0.15) is 337 Å². The highest BCUT2D eigenvalue weighted by Gasteiger charge is 2.30. The summed E-state index contributed by atoms with van der Waals surface area (Å²) in [6.07, 6.45) is 41.7. The Morgan fingerprint density at radius 3 is 0.782 bits per heavy atom. The molecule has 5 atom stereocenters. The van der Waals surface area contributed by atoms with E-state index in [9.17, 15) is 43.2 Å². The number of unbranched alkanes of at least 4 members (excludes halogenated alkanes) is 34. The Balaban J connectivity index is 5.23. The van der Waals surface area contributed by atoms with E-state index in [2.05, 4.69) is 48.5 Å². The van der Waals surface area contributed by atoms with Gasteiger partial charge < -0.3 is 33.8 Å². The van der Waals surface area contributed by atoms with Crippen LogP contribution in [-0.2, 0) is 65.4 Å². The maximum Gasteiger partial charge on any atom is 0.472 e. The van der Waals surface area contributed by atoms with Gasteiger partial charge in [-0.2, -0.15) is 0 Å². The molecule has 0 rings (SSSR count). The average Bonchev–Trinajstić information content (AvgIpc) is 3.68. The first kappa shape index (κ1) is 85.1. The first-order chi connectivity index (χ1) is 41.7. The van der Waals surface area contributed by atoms with Gasteiger partial charge in [0.2, 0.25) is 0 Å².